The van der Waals surface area contributed by atoms with E-state index in [-0.39, 0.29) is 11.7 Å². The van der Waals surface area contributed by atoms with Gasteiger partial charge in [-0.15, -0.1) is 10.2 Å². The molecule has 0 unspecified atom stereocenters. The molecule has 0 aliphatic heterocycles. The first-order chi connectivity index (χ1) is 13.6. The van der Waals surface area contributed by atoms with Crippen LogP contribution in [0.5, 0.6) is 0 Å². The number of hydrogen-bond acceptors (Lipinski definition) is 4. The summed E-state index contributed by atoms with van der Waals surface area (Å²) in [6, 6.07) is 15.3. The molecule has 0 spiro atoms. The van der Waals surface area contributed by atoms with Gasteiger partial charge >= 0.3 is 0 Å². The summed E-state index contributed by atoms with van der Waals surface area (Å²) in [5, 5.41) is 13.0. The highest BCUT2D eigenvalue weighted by molar-refractivity contribution is 7.99. The van der Waals surface area contributed by atoms with Crippen LogP contribution in [0.25, 0.3) is 0 Å². The van der Waals surface area contributed by atoms with Crippen LogP contribution in [0.4, 0.5) is 5.69 Å². The van der Waals surface area contributed by atoms with E-state index >= 15 is 0 Å². The van der Waals surface area contributed by atoms with Crippen LogP contribution in [0.15, 0.2) is 53.7 Å². The standard InChI is InChI=1S/C20H20Cl2N4OS/c1-2-26-18(11-8-14-6-4-3-5-7-14)24-25-20(26)28-13-19(27)23-15-9-10-16(21)17(22)12-15/h3-7,9-10,12H,2,8,11,13H2,1H3,(H,23,27). The van der Waals surface area contributed by atoms with Crippen LogP contribution in [-0.4, -0.2) is 26.4 Å². The molecule has 0 aliphatic rings. The highest BCUT2D eigenvalue weighted by Crippen LogP contribution is 2.25. The third-order valence-corrected chi connectivity index (χ3v) is 5.83. The lowest BCUT2D eigenvalue weighted by Crippen LogP contribution is -2.14. The van der Waals surface area contributed by atoms with Crippen molar-refractivity contribution in [1.82, 2.24) is 14.8 Å². The summed E-state index contributed by atoms with van der Waals surface area (Å²) in [4.78, 5) is 12.2. The Balaban J connectivity index is 1.57. The fourth-order valence-corrected chi connectivity index (χ4v) is 3.85. The molecule has 3 aromatic rings. The average Bonchev–Trinajstić information content (AvgIpc) is 3.10. The van der Waals surface area contributed by atoms with Gasteiger partial charge in [-0.2, -0.15) is 0 Å². The maximum Gasteiger partial charge on any atom is 0.234 e. The molecule has 0 radical (unpaired) electrons. The molecule has 28 heavy (non-hydrogen) atoms. The van der Waals surface area contributed by atoms with Crippen LogP contribution in [0.2, 0.25) is 10.0 Å². The van der Waals surface area contributed by atoms with Crippen molar-refractivity contribution in [1.29, 1.82) is 0 Å². The lowest BCUT2D eigenvalue weighted by atomic mass is 10.1. The van der Waals surface area contributed by atoms with Crippen LogP contribution in [0.3, 0.4) is 0 Å². The quantitative estimate of drug-likeness (QED) is 0.499. The predicted octanol–water partition coefficient (Wildman–Crippen LogP) is 5.12. The molecule has 2 aromatic carbocycles. The number of amides is 1. The summed E-state index contributed by atoms with van der Waals surface area (Å²) in [7, 11) is 0. The molecule has 0 fully saturated rings. The van der Waals surface area contributed by atoms with Gasteiger partial charge in [-0.25, -0.2) is 0 Å². The topological polar surface area (TPSA) is 59.8 Å². The minimum Gasteiger partial charge on any atom is -0.325 e. The van der Waals surface area contributed by atoms with E-state index in [9.17, 15) is 4.79 Å². The largest absolute Gasteiger partial charge is 0.325 e. The minimum absolute atomic E-state index is 0.139. The second-order valence-electron chi connectivity index (χ2n) is 6.09. The van der Waals surface area contributed by atoms with Gasteiger partial charge in [0.2, 0.25) is 5.91 Å². The zero-order chi connectivity index (χ0) is 19.9. The van der Waals surface area contributed by atoms with Crippen LogP contribution in [0, 0.1) is 0 Å². The lowest BCUT2D eigenvalue weighted by molar-refractivity contribution is -0.113. The molecular formula is C20H20Cl2N4OS. The number of benzene rings is 2. The molecule has 0 saturated heterocycles. The number of nitrogens with one attached hydrogen (secondary N) is 1. The Hall–Kier alpha value is -2.02. The van der Waals surface area contributed by atoms with E-state index in [0.29, 0.717) is 15.7 Å². The summed E-state index contributed by atoms with van der Waals surface area (Å²) in [5.41, 5.74) is 1.88. The number of carbonyl (C=O) groups is 1. The van der Waals surface area contributed by atoms with Crippen molar-refractivity contribution in [2.75, 3.05) is 11.1 Å². The van der Waals surface area contributed by atoms with Gasteiger partial charge in [0.05, 0.1) is 15.8 Å². The molecule has 0 bridgehead atoms. The third kappa shape index (κ3) is 5.50. The first kappa shape index (κ1) is 20.7. The van der Waals surface area contributed by atoms with Crippen LogP contribution in [0.1, 0.15) is 18.3 Å². The summed E-state index contributed by atoms with van der Waals surface area (Å²) in [6.45, 7) is 2.81. The predicted molar refractivity (Wildman–Crippen MR) is 115 cm³/mol. The number of rotatable bonds is 8. The maximum absolute atomic E-state index is 12.2. The number of carbonyl (C=O) groups excluding carboxylic acids is 1. The zero-order valence-electron chi connectivity index (χ0n) is 15.4. The number of nitrogens with zero attached hydrogens (tertiary/aromatic N) is 3. The summed E-state index contributed by atoms with van der Waals surface area (Å²) in [5.74, 6) is 1.02. The Bertz CT molecular complexity index is 947. The monoisotopic (exact) mass is 434 g/mol. The molecule has 1 N–H and O–H groups in total. The van der Waals surface area contributed by atoms with E-state index in [2.05, 4.69) is 39.1 Å². The highest BCUT2D eigenvalue weighted by Gasteiger charge is 2.13. The Kier molecular flexibility index (Phi) is 7.36. The van der Waals surface area contributed by atoms with Crippen molar-refractivity contribution in [2.24, 2.45) is 0 Å². The third-order valence-electron chi connectivity index (χ3n) is 4.13. The van der Waals surface area contributed by atoms with Gasteiger partial charge in [0.25, 0.3) is 0 Å². The Labute approximate surface area is 178 Å². The minimum atomic E-state index is -0.139. The first-order valence-electron chi connectivity index (χ1n) is 8.90. The van der Waals surface area contributed by atoms with E-state index in [1.54, 1.807) is 18.2 Å². The van der Waals surface area contributed by atoms with Crippen molar-refractivity contribution in [2.45, 2.75) is 31.5 Å². The van der Waals surface area contributed by atoms with Crippen molar-refractivity contribution in [3.63, 3.8) is 0 Å². The number of aromatic nitrogens is 3. The van der Waals surface area contributed by atoms with Crippen molar-refractivity contribution >= 4 is 46.6 Å². The fourth-order valence-electron chi connectivity index (χ4n) is 2.73. The van der Waals surface area contributed by atoms with E-state index < -0.39 is 0 Å². The van der Waals surface area contributed by atoms with Gasteiger partial charge in [-0.3, -0.25) is 4.79 Å². The molecule has 1 aromatic heterocycles. The summed E-state index contributed by atoms with van der Waals surface area (Å²) < 4.78 is 2.06. The molecule has 0 aliphatic carbocycles. The fraction of sp³-hybridized carbons (Fsp3) is 0.250. The van der Waals surface area contributed by atoms with Crippen LogP contribution < -0.4 is 5.32 Å². The van der Waals surface area contributed by atoms with E-state index in [1.165, 1.54) is 17.3 Å². The Morgan fingerprint density at radius 2 is 1.86 bits per heavy atom. The van der Waals surface area contributed by atoms with E-state index in [1.807, 2.05) is 18.2 Å². The lowest BCUT2D eigenvalue weighted by Gasteiger charge is -2.08. The molecule has 146 valence electrons. The number of anilines is 1. The summed E-state index contributed by atoms with van der Waals surface area (Å²) in [6.07, 6.45) is 1.71. The van der Waals surface area contributed by atoms with Gasteiger partial charge in [0.15, 0.2) is 5.16 Å². The molecule has 0 atom stereocenters. The number of aryl methyl sites for hydroxylation is 2. The number of hydrogen-bond donors (Lipinski definition) is 1. The molecule has 1 amide bonds. The molecular weight excluding hydrogens is 415 g/mol. The van der Waals surface area contributed by atoms with Crippen molar-refractivity contribution < 1.29 is 4.79 Å². The maximum atomic E-state index is 12.2. The van der Waals surface area contributed by atoms with E-state index in [0.717, 1.165) is 30.4 Å². The van der Waals surface area contributed by atoms with Gasteiger partial charge in [-0.05, 0) is 37.1 Å². The Morgan fingerprint density at radius 1 is 1.07 bits per heavy atom. The van der Waals surface area contributed by atoms with Crippen molar-refractivity contribution in [3.8, 4) is 0 Å². The highest BCUT2D eigenvalue weighted by atomic mass is 35.5. The van der Waals surface area contributed by atoms with E-state index in [4.69, 9.17) is 23.2 Å². The molecule has 3 rings (SSSR count). The SMILES string of the molecule is CCn1c(CCc2ccccc2)nnc1SCC(=O)Nc1ccc(Cl)c(Cl)c1. The molecule has 1 heterocycles. The van der Waals surface area contributed by atoms with Gasteiger partial charge in [0.1, 0.15) is 5.82 Å². The van der Waals surface area contributed by atoms with Gasteiger partial charge in [0, 0.05) is 18.7 Å². The smallest absolute Gasteiger partial charge is 0.234 e. The van der Waals surface area contributed by atoms with Gasteiger partial charge in [-0.1, -0.05) is 65.3 Å². The molecule has 8 heteroatoms. The van der Waals surface area contributed by atoms with Crippen molar-refractivity contribution in [3.05, 3.63) is 70.0 Å². The number of thioether (sulfide) groups is 1. The zero-order valence-corrected chi connectivity index (χ0v) is 17.7. The average molecular weight is 435 g/mol. The number of halogens is 2. The Morgan fingerprint density at radius 3 is 2.57 bits per heavy atom. The second kappa shape index (κ2) is 9.96. The van der Waals surface area contributed by atoms with Crippen LogP contribution >= 0.6 is 35.0 Å². The molecule has 5 nitrogen and oxygen atoms in total. The summed E-state index contributed by atoms with van der Waals surface area (Å²) >= 11 is 13.2. The first-order valence-corrected chi connectivity index (χ1v) is 10.6. The molecule has 0 saturated carbocycles. The van der Waals surface area contributed by atoms with Gasteiger partial charge < -0.3 is 9.88 Å². The normalized spacial score (nSPS) is 10.8. The van der Waals surface area contributed by atoms with Crippen LogP contribution in [-0.2, 0) is 24.2 Å². The second-order valence-corrected chi connectivity index (χ2v) is 7.85.